The van der Waals surface area contributed by atoms with E-state index in [2.05, 4.69) is 20.2 Å². The van der Waals surface area contributed by atoms with Crippen molar-refractivity contribution in [2.24, 2.45) is 0 Å². The molecule has 3 heterocycles. The van der Waals surface area contributed by atoms with Crippen LogP contribution in [0.4, 0.5) is 17.5 Å². The molecule has 3 aromatic rings. The molecule has 0 spiro atoms. The van der Waals surface area contributed by atoms with Crippen LogP contribution >= 0.6 is 0 Å². The van der Waals surface area contributed by atoms with E-state index >= 15 is 0 Å². The van der Waals surface area contributed by atoms with Crippen LogP contribution in [-0.2, 0) is 4.74 Å². The summed E-state index contributed by atoms with van der Waals surface area (Å²) in [5.41, 5.74) is 2.15. The van der Waals surface area contributed by atoms with Crippen molar-refractivity contribution in [3.05, 3.63) is 60.6 Å². The summed E-state index contributed by atoms with van der Waals surface area (Å²) in [7, 11) is 3.79. The Hall–Kier alpha value is -3.39. The average molecular weight is 392 g/mol. The summed E-state index contributed by atoms with van der Waals surface area (Å²) < 4.78 is 7.38. The summed E-state index contributed by atoms with van der Waals surface area (Å²) in [6, 6.07) is 11.4. The zero-order valence-corrected chi connectivity index (χ0v) is 16.6. The zero-order chi connectivity index (χ0) is 20.2. The minimum absolute atomic E-state index is 0.199. The minimum atomic E-state index is -0.199. The van der Waals surface area contributed by atoms with Crippen LogP contribution in [0.1, 0.15) is 10.4 Å². The van der Waals surface area contributed by atoms with E-state index in [1.54, 1.807) is 6.20 Å². The Labute approximate surface area is 169 Å². The number of carbonyl (C=O) groups excluding carboxylic acids is 1. The van der Waals surface area contributed by atoms with E-state index in [9.17, 15) is 4.79 Å². The predicted octanol–water partition coefficient (Wildman–Crippen LogP) is 2.42. The van der Waals surface area contributed by atoms with E-state index in [4.69, 9.17) is 4.74 Å². The van der Waals surface area contributed by atoms with Crippen molar-refractivity contribution in [3.63, 3.8) is 0 Å². The van der Waals surface area contributed by atoms with Gasteiger partial charge in [-0.3, -0.25) is 4.79 Å². The number of nitrogens with one attached hydrogen (secondary N) is 1. The van der Waals surface area contributed by atoms with E-state index in [0.717, 1.165) is 18.8 Å². The maximum absolute atomic E-state index is 12.8. The molecule has 0 aliphatic carbocycles. The molecule has 1 saturated heterocycles. The summed E-state index contributed by atoms with van der Waals surface area (Å²) in [5.74, 6) is 1.11. The Morgan fingerprint density at radius 3 is 2.45 bits per heavy atom. The summed E-state index contributed by atoms with van der Waals surface area (Å²) in [6.07, 6.45) is 5.59. The molecule has 150 valence electrons. The molecule has 1 aliphatic rings. The highest BCUT2D eigenvalue weighted by Crippen LogP contribution is 2.25. The summed E-state index contributed by atoms with van der Waals surface area (Å²) in [5, 5.41) is 2.94. The second kappa shape index (κ2) is 8.32. The highest BCUT2D eigenvalue weighted by molar-refractivity contribution is 6.05. The number of aromatic nitrogens is 3. The molecular weight excluding hydrogens is 368 g/mol. The Balaban J connectivity index is 1.52. The largest absolute Gasteiger partial charge is 0.378 e. The molecule has 2 aromatic heterocycles. The van der Waals surface area contributed by atoms with E-state index in [-0.39, 0.29) is 5.91 Å². The van der Waals surface area contributed by atoms with E-state index in [1.807, 2.05) is 72.4 Å². The lowest BCUT2D eigenvalue weighted by Gasteiger charge is -2.28. The molecule has 1 fully saturated rings. The molecule has 1 N–H and O–H groups in total. The van der Waals surface area contributed by atoms with Gasteiger partial charge in [0.25, 0.3) is 5.91 Å². The second-order valence-corrected chi connectivity index (χ2v) is 6.99. The third-order valence-corrected chi connectivity index (χ3v) is 4.75. The van der Waals surface area contributed by atoms with Crippen LogP contribution in [0.25, 0.3) is 5.69 Å². The van der Waals surface area contributed by atoms with Gasteiger partial charge in [-0.2, -0.15) is 4.98 Å². The molecule has 1 aromatic carbocycles. The monoisotopic (exact) mass is 392 g/mol. The Morgan fingerprint density at radius 2 is 1.79 bits per heavy atom. The topological polar surface area (TPSA) is 75.5 Å². The number of ether oxygens (including phenoxy) is 1. The molecule has 0 atom stereocenters. The van der Waals surface area contributed by atoms with Gasteiger partial charge in [0, 0.05) is 50.8 Å². The van der Waals surface area contributed by atoms with Gasteiger partial charge in [0.2, 0.25) is 5.95 Å². The van der Waals surface area contributed by atoms with Crippen molar-refractivity contribution < 1.29 is 9.53 Å². The first-order valence-corrected chi connectivity index (χ1v) is 9.53. The van der Waals surface area contributed by atoms with Crippen molar-refractivity contribution in [2.75, 3.05) is 55.5 Å². The van der Waals surface area contributed by atoms with Crippen LogP contribution in [-0.4, -0.2) is 60.8 Å². The third-order valence-electron chi connectivity index (χ3n) is 4.75. The number of hydrogen-bond acceptors (Lipinski definition) is 6. The van der Waals surface area contributed by atoms with Crippen molar-refractivity contribution in [3.8, 4) is 5.69 Å². The normalized spacial score (nSPS) is 13.9. The van der Waals surface area contributed by atoms with Crippen LogP contribution < -0.4 is 15.1 Å². The first-order chi connectivity index (χ1) is 14.1. The molecule has 0 unspecified atom stereocenters. The second-order valence-electron chi connectivity index (χ2n) is 6.99. The van der Waals surface area contributed by atoms with Crippen LogP contribution in [0, 0.1) is 0 Å². The first-order valence-electron chi connectivity index (χ1n) is 9.53. The lowest BCUT2D eigenvalue weighted by Crippen LogP contribution is -2.37. The molecular formula is C21H24N6O2. The van der Waals surface area contributed by atoms with Crippen molar-refractivity contribution >= 4 is 23.4 Å². The number of benzene rings is 1. The van der Waals surface area contributed by atoms with Gasteiger partial charge in [0.05, 0.1) is 19.4 Å². The molecule has 4 rings (SSSR count). The van der Waals surface area contributed by atoms with E-state index < -0.39 is 0 Å². The van der Waals surface area contributed by atoms with Gasteiger partial charge in [-0.05, 0) is 36.4 Å². The summed E-state index contributed by atoms with van der Waals surface area (Å²) in [6.45, 7) is 2.84. The molecule has 8 heteroatoms. The van der Waals surface area contributed by atoms with Crippen LogP contribution in [0.5, 0.6) is 0 Å². The number of amides is 1. The molecule has 8 nitrogen and oxygen atoms in total. The summed E-state index contributed by atoms with van der Waals surface area (Å²) >= 11 is 0. The van der Waals surface area contributed by atoms with E-state index in [0.29, 0.717) is 36.2 Å². The molecule has 1 amide bonds. The lowest BCUT2D eigenvalue weighted by atomic mass is 10.2. The van der Waals surface area contributed by atoms with Gasteiger partial charge in [0.15, 0.2) is 5.82 Å². The summed E-state index contributed by atoms with van der Waals surface area (Å²) in [4.78, 5) is 25.8. The van der Waals surface area contributed by atoms with Gasteiger partial charge in [-0.1, -0.05) is 0 Å². The molecule has 1 aliphatic heterocycles. The number of rotatable bonds is 5. The van der Waals surface area contributed by atoms with Crippen LogP contribution in [0.2, 0.25) is 0 Å². The highest BCUT2D eigenvalue weighted by atomic mass is 16.5. The number of anilines is 3. The van der Waals surface area contributed by atoms with Crippen LogP contribution in [0.15, 0.2) is 55.0 Å². The fourth-order valence-electron chi connectivity index (χ4n) is 3.19. The maximum Gasteiger partial charge on any atom is 0.255 e. The molecule has 29 heavy (non-hydrogen) atoms. The Bertz CT molecular complexity index is 963. The van der Waals surface area contributed by atoms with Crippen molar-refractivity contribution in [1.29, 1.82) is 0 Å². The van der Waals surface area contributed by atoms with Crippen molar-refractivity contribution in [2.45, 2.75) is 0 Å². The van der Waals surface area contributed by atoms with E-state index in [1.165, 1.54) is 0 Å². The van der Waals surface area contributed by atoms with Gasteiger partial charge in [-0.15, -0.1) is 0 Å². The number of carbonyl (C=O) groups is 1. The molecule has 0 radical (unpaired) electrons. The number of hydrogen-bond donors (Lipinski definition) is 1. The Morgan fingerprint density at radius 1 is 1.10 bits per heavy atom. The standard InChI is InChI=1S/C21H24N6O2/c1-25(2)19-18(15-22-21(24-19)27-11-13-29-14-12-27)23-20(28)16-5-7-17(8-6-16)26-9-3-4-10-26/h3-10,15H,11-14H2,1-2H3,(H,23,28). The average Bonchev–Trinajstić information content (AvgIpc) is 3.29. The smallest absolute Gasteiger partial charge is 0.255 e. The van der Waals surface area contributed by atoms with Gasteiger partial charge < -0.3 is 24.4 Å². The predicted molar refractivity (Wildman–Crippen MR) is 113 cm³/mol. The highest BCUT2D eigenvalue weighted by Gasteiger charge is 2.18. The fraction of sp³-hybridized carbons (Fsp3) is 0.286. The number of morpholine rings is 1. The Kier molecular flexibility index (Phi) is 5.44. The lowest BCUT2D eigenvalue weighted by molar-refractivity contribution is 0.102. The quantitative estimate of drug-likeness (QED) is 0.719. The van der Waals surface area contributed by atoms with Crippen molar-refractivity contribution in [1.82, 2.24) is 14.5 Å². The zero-order valence-electron chi connectivity index (χ0n) is 16.6. The van der Waals surface area contributed by atoms with Gasteiger partial charge >= 0.3 is 0 Å². The van der Waals surface area contributed by atoms with Gasteiger partial charge in [-0.25, -0.2) is 4.98 Å². The number of nitrogens with zero attached hydrogens (tertiary/aromatic N) is 5. The minimum Gasteiger partial charge on any atom is -0.378 e. The van der Waals surface area contributed by atoms with Gasteiger partial charge in [0.1, 0.15) is 5.69 Å². The third kappa shape index (κ3) is 4.22. The molecule has 0 saturated carbocycles. The SMILES string of the molecule is CN(C)c1nc(N2CCOCC2)ncc1NC(=O)c1ccc(-n2cccc2)cc1. The van der Waals surface area contributed by atoms with Crippen LogP contribution in [0.3, 0.4) is 0 Å². The maximum atomic E-state index is 12.8. The fourth-order valence-corrected chi connectivity index (χ4v) is 3.19. The molecule has 0 bridgehead atoms. The first kappa shape index (κ1) is 18.9.